The molecule has 0 amide bonds. The van der Waals surface area contributed by atoms with Gasteiger partial charge in [0.25, 0.3) is 0 Å². The highest BCUT2D eigenvalue weighted by Gasteiger charge is 2.33. The van der Waals surface area contributed by atoms with Crippen LogP contribution in [-0.2, 0) is 9.53 Å². The number of carbonyl (C=O) groups is 1. The number of carbonyl (C=O) groups excluding carboxylic acids is 1. The van der Waals surface area contributed by atoms with Gasteiger partial charge in [-0.15, -0.1) is 11.3 Å². The Morgan fingerprint density at radius 1 is 1.28 bits per heavy atom. The van der Waals surface area contributed by atoms with E-state index >= 15 is 4.39 Å². The number of aromatic amines is 1. The van der Waals surface area contributed by atoms with E-state index in [2.05, 4.69) is 44.1 Å². The lowest BCUT2D eigenvalue weighted by molar-refractivity contribution is -0.150. The Labute approximate surface area is 235 Å². The Kier molecular flexibility index (Phi) is 8.72. The van der Waals surface area contributed by atoms with Gasteiger partial charge in [-0.05, 0) is 42.5 Å². The molecule has 0 radical (unpaired) electrons. The lowest BCUT2D eigenvalue weighted by atomic mass is 9.76. The smallest absolute Gasteiger partial charge is 0.311 e. The van der Waals surface area contributed by atoms with Crippen molar-refractivity contribution in [3.63, 3.8) is 0 Å². The number of esters is 1. The van der Waals surface area contributed by atoms with E-state index in [-0.39, 0.29) is 40.9 Å². The van der Waals surface area contributed by atoms with Gasteiger partial charge in [0.05, 0.1) is 29.2 Å². The lowest BCUT2D eigenvalue weighted by Crippen LogP contribution is -2.34. The maximum atomic E-state index is 15.9. The summed E-state index contributed by atoms with van der Waals surface area (Å²) in [4.78, 5) is 34.7. The minimum Gasteiger partial charge on any atom is -0.465 e. The average Bonchev–Trinajstić information content (AvgIpc) is 3.61. The normalized spacial score (nSPS) is 18.3. The monoisotopic (exact) mass is 570 g/mol. The van der Waals surface area contributed by atoms with Crippen LogP contribution in [0, 0.1) is 23.6 Å². The first-order valence-corrected chi connectivity index (χ1v) is 14.7. The molecule has 1 atom stereocenters. The predicted molar refractivity (Wildman–Crippen MR) is 152 cm³/mol. The zero-order valence-corrected chi connectivity index (χ0v) is 23.6. The molecule has 1 aliphatic carbocycles. The highest BCUT2D eigenvalue weighted by atomic mass is 35.5. The Morgan fingerprint density at radius 3 is 2.85 bits per heavy atom. The Morgan fingerprint density at radius 2 is 2.10 bits per heavy atom. The van der Waals surface area contributed by atoms with Crippen molar-refractivity contribution in [3.8, 4) is 22.0 Å². The van der Waals surface area contributed by atoms with E-state index in [1.165, 1.54) is 17.5 Å². The SMILES string of the molecule is CCCCOC(=O)[C@H](CNc1nc(-c2c[nH]c3ncc(Cl)nc23)nc(-c2cccs2)c1F)C1CCC(C)CC1. The number of nitrogens with zero attached hydrogens (tertiary/aromatic N) is 4. The molecule has 4 heterocycles. The van der Waals surface area contributed by atoms with E-state index in [9.17, 15) is 4.79 Å². The van der Waals surface area contributed by atoms with E-state index in [0.29, 0.717) is 34.1 Å². The molecule has 0 bridgehead atoms. The second-order valence-corrected chi connectivity index (χ2v) is 11.5. The largest absolute Gasteiger partial charge is 0.465 e. The van der Waals surface area contributed by atoms with E-state index in [1.54, 1.807) is 6.20 Å². The summed E-state index contributed by atoms with van der Waals surface area (Å²) >= 11 is 7.49. The van der Waals surface area contributed by atoms with Crippen LogP contribution in [0.1, 0.15) is 52.4 Å². The van der Waals surface area contributed by atoms with Crippen molar-refractivity contribution in [1.29, 1.82) is 0 Å². The van der Waals surface area contributed by atoms with Crippen molar-refractivity contribution in [1.82, 2.24) is 24.9 Å². The molecular weight excluding hydrogens is 539 g/mol. The molecule has 0 spiro atoms. The number of hydrogen-bond acceptors (Lipinski definition) is 8. The van der Waals surface area contributed by atoms with Crippen LogP contribution in [0.25, 0.3) is 33.1 Å². The highest BCUT2D eigenvalue weighted by Crippen LogP contribution is 2.36. The standard InChI is InChI=1S/C28H32ClFN6O2S/c1-3-4-11-38-28(37)18(17-9-7-16(2)8-10-17)13-31-26-22(30)24(20-6-5-12-39-20)35-25(36-26)19-14-32-27-23(19)34-21(29)15-33-27/h5-6,12,14-18H,3-4,7-11,13H2,1-2H3,(H,32,33)(H,31,35,36)/t16?,17?,18-/m1/s1. The fourth-order valence-corrected chi connectivity index (χ4v) is 5.90. The van der Waals surface area contributed by atoms with Crippen molar-refractivity contribution in [3.05, 3.63) is 40.9 Å². The van der Waals surface area contributed by atoms with Crippen molar-refractivity contribution in [2.75, 3.05) is 18.5 Å². The number of aromatic nitrogens is 5. The number of hydrogen-bond donors (Lipinski definition) is 2. The quantitative estimate of drug-likeness (QED) is 0.154. The summed E-state index contributed by atoms with van der Waals surface area (Å²) in [6.45, 7) is 4.92. The molecule has 0 saturated heterocycles. The lowest BCUT2D eigenvalue weighted by Gasteiger charge is -2.31. The third kappa shape index (κ3) is 6.22. The first-order chi connectivity index (χ1) is 18.9. The summed E-state index contributed by atoms with van der Waals surface area (Å²) < 4.78 is 21.5. The maximum Gasteiger partial charge on any atom is 0.311 e. The number of ether oxygens (including phenoxy) is 1. The van der Waals surface area contributed by atoms with Crippen LogP contribution >= 0.6 is 22.9 Å². The minimum atomic E-state index is -0.569. The maximum absolute atomic E-state index is 15.9. The molecule has 2 N–H and O–H groups in total. The zero-order chi connectivity index (χ0) is 27.4. The van der Waals surface area contributed by atoms with Crippen molar-refractivity contribution in [2.45, 2.75) is 52.4 Å². The number of thiophene rings is 1. The van der Waals surface area contributed by atoms with Crippen molar-refractivity contribution < 1.29 is 13.9 Å². The number of halogens is 2. The van der Waals surface area contributed by atoms with E-state index in [4.69, 9.17) is 16.3 Å². The predicted octanol–water partition coefficient (Wildman–Crippen LogP) is 7.13. The third-order valence-electron chi connectivity index (χ3n) is 7.36. The molecule has 11 heteroatoms. The summed E-state index contributed by atoms with van der Waals surface area (Å²) in [7, 11) is 0. The number of anilines is 1. The van der Waals surface area contributed by atoms with Crippen LogP contribution in [-0.4, -0.2) is 44.0 Å². The number of H-pyrrole nitrogens is 1. The number of rotatable bonds is 10. The molecule has 4 aromatic rings. The van der Waals surface area contributed by atoms with Crippen LogP contribution in [0.3, 0.4) is 0 Å². The molecule has 1 aliphatic rings. The van der Waals surface area contributed by atoms with Crippen LogP contribution in [0.2, 0.25) is 5.15 Å². The molecule has 1 saturated carbocycles. The van der Waals surface area contributed by atoms with Crippen LogP contribution < -0.4 is 5.32 Å². The molecule has 1 fully saturated rings. The first-order valence-electron chi connectivity index (χ1n) is 13.5. The fraction of sp³-hybridized carbons (Fsp3) is 0.464. The summed E-state index contributed by atoms with van der Waals surface area (Å²) in [5, 5.41) is 5.26. The van der Waals surface area contributed by atoms with Gasteiger partial charge in [0.2, 0.25) is 0 Å². The topological polar surface area (TPSA) is 106 Å². The first kappa shape index (κ1) is 27.5. The van der Waals surface area contributed by atoms with E-state index in [1.807, 2.05) is 17.5 Å². The molecular formula is C28H32ClFN6O2S. The highest BCUT2D eigenvalue weighted by molar-refractivity contribution is 7.13. The van der Waals surface area contributed by atoms with Gasteiger partial charge in [0, 0.05) is 12.7 Å². The van der Waals surface area contributed by atoms with Crippen LogP contribution in [0.5, 0.6) is 0 Å². The van der Waals surface area contributed by atoms with Crippen molar-refractivity contribution in [2.24, 2.45) is 17.8 Å². The molecule has 8 nitrogen and oxygen atoms in total. The Bertz CT molecular complexity index is 1420. The minimum absolute atomic E-state index is 0.0308. The Balaban J connectivity index is 1.48. The average molecular weight is 571 g/mol. The number of unbranched alkanes of at least 4 members (excludes halogenated alkanes) is 1. The third-order valence-corrected chi connectivity index (χ3v) is 8.42. The number of nitrogens with one attached hydrogen (secondary N) is 2. The molecule has 5 rings (SSSR count). The van der Waals surface area contributed by atoms with E-state index in [0.717, 1.165) is 38.5 Å². The van der Waals surface area contributed by atoms with Gasteiger partial charge in [0.1, 0.15) is 16.4 Å². The second kappa shape index (κ2) is 12.4. The summed E-state index contributed by atoms with van der Waals surface area (Å²) in [5.74, 6) is -0.0632. The molecule has 0 aromatic carbocycles. The Hall–Kier alpha value is -3.11. The van der Waals surface area contributed by atoms with Gasteiger partial charge in [-0.25, -0.2) is 24.3 Å². The van der Waals surface area contributed by atoms with Gasteiger partial charge in [-0.2, -0.15) is 0 Å². The van der Waals surface area contributed by atoms with Gasteiger partial charge < -0.3 is 15.0 Å². The summed E-state index contributed by atoms with van der Waals surface area (Å²) in [6.07, 6.45) is 8.94. The molecule has 39 heavy (non-hydrogen) atoms. The van der Waals surface area contributed by atoms with Gasteiger partial charge in [0.15, 0.2) is 23.1 Å². The van der Waals surface area contributed by atoms with Crippen LogP contribution in [0.15, 0.2) is 29.9 Å². The van der Waals surface area contributed by atoms with Gasteiger partial charge in [-0.1, -0.05) is 50.8 Å². The van der Waals surface area contributed by atoms with Crippen LogP contribution in [0.4, 0.5) is 10.2 Å². The molecule has 0 aliphatic heterocycles. The molecule has 4 aromatic heterocycles. The molecule has 0 unspecified atom stereocenters. The molecule has 206 valence electrons. The summed E-state index contributed by atoms with van der Waals surface area (Å²) in [6, 6.07) is 3.66. The van der Waals surface area contributed by atoms with E-state index < -0.39 is 11.7 Å². The fourth-order valence-electron chi connectivity index (χ4n) is 5.06. The number of fused-ring (bicyclic) bond motifs is 1. The van der Waals surface area contributed by atoms with Gasteiger partial charge >= 0.3 is 5.97 Å². The van der Waals surface area contributed by atoms with Crippen molar-refractivity contribution >= 4 is 45.9 Å². The second-order valence-electron chi connectivity index (χ2n) is 10.2. The van der Waals surface area contributed by atoms with Gasteiger partial charge in [-0.3, -0.25) is 4.79 Å². The summed E-state index contributed by atoms with van der Waals surface area (Å²) in [5.41, 5.74) is 1.75. The zero-order valence-electron chi connectivity index (χ0n) is 22.0.